The van der Waals surface area contributed by atoms with Crippen LogP contribution in [0.5, 0.6) is 0 Å². The molecule has 2 aliphatic rings. The molecular weight excluding hydrogens is 448 g/mol. The Morgan fingerprint density at radius 2 is 1.74 bits per heavy atom. The van der Waals surface area contributed by atoms with Crippen molar-refractivity contribution in [2.75, 3.05) is 39.4 Å². The first kappa shape index (κ1) is 17.4. The normalized spacial score (nSPS) is 19.9. The van der Waals surface area contributed by atoms with Crippen molar-refractivity contribution in [1.29, 1.82) is 0 Å². The van der Waals surface area contributed by atoms with E-state index in [0.717, 1.165) is 26.0 Å². The van der Waals surface area contributed by atoms with E-state index in [4.69, 9.17) is 4.74 Å². The van der Waals surface area contributed by atoms with Gasteiger partial charge in [0.15, 0.2) is 0 Å². The predicted molar refractivity (Wildman–Crippen MR) is 95.7 cm³/mol. The zero-order valence-corrected chi connectivity index (χ0v) is 16.6. The molecule has 8 heteroatoms. The van der Waals surface area contributed by atoms with Gasteiger partial charge in [0.1, 0.15) is 0 Å². The smallest absolute Gasteiger partial charge is 0.264 e. The van der Waals surface area contributed by atoms with Gasteiger partial charge in [0.25, 0.3) is 5.91 Å². The number of amides is 2. The fourth-order valence-corrected chi connectivity index (χ4v) is 4.98. The van der Waals surface area contributed by atoms with Crippen molar-refractivity contribution >= 4 is 55.0 Å². The molecule has 2 fully saturated rings. The van der Waals surface area contributed by atoms with Crippen molar-refractivity contribution in [3.63, 3.8) is 0 Å². The number of carbonyl (C=O) groups excluding carboxylic acids is 2. The number of carbonyl (C=O) groups is 2. The lowest BCUT2D eigenvalue weighted by Gasteiger charge is -2.35. The minimum Gasteiger partial charge on any atom is -0.378 e. The number of nitrogens with zero attached hydrogens (tertiary/aromatic N) is 2. The second kappa shape index (κ2) is 7.63. The molecule has 0 saturated carbocycles. The average molecular weight is 466 g/mol. The summed E-state index contributed by atoms with van der Waals surface area (Å²) in [6.07, 6.45) is 1.49. The molecule has 0 spiro atoms. The summed E-state index contributed by atoms with van der Waals surface area (Å²) in [7, 11) is 0. The van der Waals surface area contributed by atoms with Crippen LogP contribution < -0.4 is 0 Å². The number of likely N-dealkylation sites (tertiary alicyclic amines) is 1. The first-order valence-electron chi connectivity index (χ1n) is 7.67. The Balaban J connectivity index is 1.55. The van der Waals surface area contributed by atoms with Crippen molar-refractivity contribution in [1.82, 2.24) is 9.80 Å². The van der Waals surface area contributed by atoms with Crippen LogP contribution in [0.15, 0.2) is 14.3 Å². The van der Waals surface area contributed by atoms with Gasteiger partial charge in [0.2, 0.25) is 5.91 Å². The number of rotatable bonds is 2. The Kier molecular flexibility index (Phi) is 5.77. The molecule has 0 atom stereocenters. The minimum absolute atomic E-state index is 0.0407. The third kappa shape index (κ3) is 3.97. The van der Waals surface area contributed by atoms with E-state index in [2.05, 4.69) is 31.9 Å². The van der Waals surface area contributed by atoms with Crippen molar-refractivity contribution in [2.24, 2.45) is 5.92 Å². The number of ether oxygens (including phenoxy) is 1. The van der Waals surface area contributed by atoms with Crippen LogP contribution in [-0.2, 0) is 9.53 Å². The quantitative estimate of drug-likeness (QED) is 0.674. The standard InChI is InChI=1S/C15H18Br2N2O3S/c16-11-9-12(23-13(11)17)15(21)18-3-1-10(2-4-18)14(20)19-5-7-22-8-6-19/h9-10H,1-8H2. The van der Waals surface area contributed by atoms with E-state index in [1.54, 1.807) is 0 Å². The monoisotopic (exact) mass is 464 g/mol. The maximum Gasteiger partial charge on any atom is 0.264 e. The number of thiophene rings is 1. The van der Waals surface area contributed by atoms with Gasteiger partial charge < -0.3 is 14.5 Å². The SMILES string of the molecule is O=C(c1cc(Br)c(Br)s1)N1CCC(C(=O)N2CCOCC2)CC1. The van der Waals surface area contributed by atoms with Gasteiger partial charge in [0, 0.05) is 36.6 Å². The Hall–Kier alpha value is -0.440. The van der Waals surface area contributed by atoms with Gasteiger partial charge in [-0.15, -0.1) is 11.3 Å². The third-order valence-corrected chi connectivity index (χ3v) is 7.55. The van der Waals surface area contributed by atoms with Gasteiger partial charge in [-0.1, -0.05) is 0 Å². The molecule has 3 heterocycles. The van der Waals surface area contributed by atoms with Crippen LogP contribution in [0.25, 0.3) is 0 Å². The Bertz CT molecular complexity index is 574. The highest BCUT2D eigenvalue weighted by molar-refractivity contribution is 9.13. The van der Waals surface area contributed by atoms with E-state index in [1.807, 2.05) is 15.9 Å². The Labute approximate surface area is 156 Å². The van der Waals surface area contributed by atoms with Gasteiger partial charge in [-0.05, 0) is 50.8 Å². The number of hydrogen-bond donors (Lipinski definition) is 0. The van der Waals surface area contributed by atoms with Crippen molar-refractivity contribution < 1.29 is 14.3 Å². The Morgan fingerprint density at radius 3 is 2.30 bits per heavy atom. The van der Waals surface area contributed by atoms with E-state index in [0.29, 0.717) is 39.4 Å². The number of hydrogen-bond acceptors (Lipinski definition) is 4. The first-order chi connectivity index (χ1) is 11.1. The van der Waals surface area contributed by atoms with Crippen LogP contribution in [0.2, 0.25) is 0 Å². The fraction of sp³-hybridized carbons (Fsp3) is 0.600. The molecule has 5 nitrogen and oxygen atoms in total. The Morgan fingerprint density at radius 1 is 1.09 bits per heavy atom. The van der Waals surface area contributed by atoms with Gasteiger partial charge in [0.05, 0.1) is 21.9 Å². The average Bonchev–Trinajstić information content (AvgIpc) is 2.93. The fourth-order valence-electron chi connectivity index (χ4n) is 2.98. The molecule has 2 saturated heterocycles. The van der Waals surface area contributed by atoms with Crippen LogP contribution in [-0.4, -0.2) is 61.0 Å². The van der Waals surface area contributed by atoms with Crippen LogP contribution in [0.1, 0.15) is 22.5 Å². The van der Waals surface area contributed by atoms with Crippen molar-refractivity contribution in [3.05, 3.63) is 19.2 Å². The van der Waals surface area contributed by atoms with Crippen molar-refractivity contribution in [2.45, 2.75) is 12.8 Å². The topological polar surface area (TPSA) is 49.9 Å². The largest absolute Gasteiger partial charge is 0.378 e. The summed E-state index contributed by atoms with van der Waals surface area (Å²) in [5.74, 6) is 0.319. The lowest BCUT2D eigenvalue weighted by Crippen LogP contribution is -2.47. The van der Waals surface area contributed by atoms with E-state index < -0.39 is 0 Å². The molecule has 0 aliphatic carbocycles. The molecule has 1 aromatic heterocycles. The van der Waals surface area contributed by atoms with E-state index in [-0.39, 0.29) is 17.7 Å². The lowest BCUT2D eigenvalue weighted by molar-refractivity contribution is -0.141. The number of morpholine rings is 1. The van der Waals surface area contributed by atoms with Gasteiger partial charge in [-0.25, -0.2) is 0 Å². The van der Waals surface area contributed by atoms with E-state index in [9.17, 15) is 9.59 Å². The molecule has 2 aliphatic heterocycles. The van der Waals surface area contributed by atoms with Crippen molar-refractivity contribution in [3.8, 4) is 0 Å². The zero-order chi connectivity index (χ0) is 16.4. The summed E-state index contributed by atoms with van der Waals surface area (Å²) < 4.78 is 7.13. The predicted octanol–water partition coefficient (Wildman–Crippen LogP) is 2.98. The highest BCUT2D eigenvalue weighted by Gasteiger charge is 2.31. The zero-order valence-electron chi connectivity index (χ0n) is 12.6. The summed E-state index contributed by atoms with van der Waals surface area (Å²) in [6.45, 7) is 3.93. The van der Waals surface area contributed by atoms with Crippen LogP contribution in [0.3, 0.4) is 0 Å². The van der Waals surface area contributed by atoms with Gasteiger partial charge in [-0.2, -0.15) is 0 Å². The maximum absolute atomic E-state index is 12.5. The van der Waals surface area contributed by atoms with E-state index >= 15 is 0 Å². The van der Waals surface area contributed by atoms with Crippen LogP contribution >= 0.6 is 43.2 Å². The third-order valence-electron chi connectivity index (χ3n) is 4.31. The summed E-state index contributed by atoms with van der Waals surface area (Å²) in [6, 6.07) is 1.85. The van der Waals surface area contributed by atoms with E-state index in [1.165, 1.54) is 11.3 Å². The van der Waals surface area contributed by atoms with Crippen LogP contribution in [0.4, 0.5) is 0 Å². The molecule has 2 amide bonds. The molecule has 0 radical (unpaired) electrons. The lowest BCUT2D eigenvalue weighted by atomic mass is 9.95. The molecule has 3 rings (SSSR count). The highest BCUT2D eigenvalue weighted by atomic mass is 79.9. The summed E-state index contributed by atoms with van der Waals surface area (Å²) in [5, 5.41) is 0. The molecule has 0 unspecified atom stereocenters. The highest BCUT2D eigenvalue weighted by Crippen LogP contribution is 2.33. The second-order valence-corrected chi connectivity index (χ2v) is 8.96. The maximum atomic E-state index is 12.5. The number of piperidine rings is 1. The molecule has 0 aromatic carbocycles. The molecule has 0 bridgehead atoms. The van der Waals surface area contributed by atoms with Gasteiger partial charge >= 0.3 is 0 Å². The molecule has 1 aromatic rings. The van der Waals surface area contributed by atoms with Gasteiger partial charge in [-0.3, -0.25) is 9.59 Å². The summed E-state index contributed by atoms with van der Waals surface area (Å²) >= 11 is 8.27. The molecular formula is C15H18Br2N2O3S. The van der Waals surface area contributed by atoms with Crippen LogP contribution in [0, 0.1) is 5.92 Å². The molecule has 23 heavy (non-hydrogen) atoms. The summed E-state index contributed by atoms with van der Waals surface area (Å²) in [4.78, 5) is 29.5. The molecule has 126 valence electrons. The minimum atomic E-state index is 0.0407. The number of halogens is 2. The second-order valence-electron chi connectivity index (χ2n) is 5.74. The molecule has 0 N–H and O–H groups in total. The summed E-state index contributed by atoms with van der Waals surface area (Å²) in [5.41, 5.74) is 0. The first-order valence-corrected chi connectivity index (χ1v) is 10.1.